The fourth-order valence-corrected chi connectivity index (χ4v) is 4.34. The lowest BCUT2D eigenvalue weighted by Crippen LogP contribution is -2.25. The van der Waals surface area contributed by atoms with Gasteiger partial charge in [-0.1, -0.05) is 35.1 Å². The second kappa shape index (κ2) is 7.49. The van der Waals surface area contributed by atoms with E-state index in [0.717, 1.165) is 39.5 Å². The number of nitrogens with zero attached hydrogens (tertiary/aromatic N) is 3. The van der Waals surface area contributed by atoms with Gasteiger partial charge in [-0.15, -0.1) is 0 Å². The van der Waals surface area contributed by atoms with Gasteiger partial charge in [0.2, 0.25) is 5.91 Å². The highest BCUT2D eigenvalue weighted by atomic mass is 32.2. The largest absolute Gasteiger partial charge is 0.423 e. The number of benzene rings is 2. The van der Waals surface area contributed by atoms with E-state index in [1.807, 2.05) is 54.4 Å². The molecule has 0 spiro atoms. The third-order valence-corrected chi connectivity index (χ3v) is 6.07. The number of aromatic nitrogens is 2. The van der Waals surface area contributed by atoms with E-state index >= 15 is 0 Å². The molecule has 2 aromatic carbocycles. The zero-order chi connectivity index (χ0) is 20.7. The first-order valence-electron chi connectivity index (χ1n) is 9.52. The van der Waals surface area contributed by atoms with Crippen molar-refractivity contribution >= 4 is 51.0 Å². The monoisotopic (exact) mass is 422 g/mol. The van der Waals surface area contributed by atoms with Crippen LogP contribution in [0.25, 0.3) is 22.1 Å². The molecule has 4 aromatic rings. The summed E-state index contributed by atoms with van der Waals surface area (Å²) in [7, 11) is 1.93. The normalized spacial score (nSPS) is 16.5. The van der Waals surface area contributed by atoms with Crippen molar-refractivity contribution in [3.05, 3.63) is 53.7 Å². The summed E-state index contributed by atoms with van der Waals surface area (Å²) < 4.78 is 11.3. The number of hydrogen-bond acceptors (Lipinski definition) is 8. The molecule has 8 nitrogen and oxygen atoms in total. The number of carbonyl (C=O) groups is 2. The van der Waals surface area contributed by atoms with Gasteiger partial charge in [-0.2, -0.15) is 4.98 Å². The van der Waals surface area contributed by atoms with Crippen LogP contribution >= 0.6 is 11.8 Å². The van der Waals surface area contributed by atoms with E-state index in [2.05, 4.69) is 15.5 Å². The Morgan fingerprint density at radius 2 is 2.03 bits per heavy atom. The number of carbonyl (C=O) groups excluding carboxylic acids is 2. The van der Waals surface area contributed by atoms with Gasteiger partial charge in [0.15, 0.2) is 11.2 Å². The smallest absolute Gasteiger partial charge is 0.298 e. The van der Waals surface area contributed by atoms with Gasteiger partial charge in [0, 0.05) is 25.4 Å². The first-order chi connectivity index (χ1) is 14.6. The van der Waals surface area contributed by atoms with E-state index in [1.54, 1.807) is 0 Å². The van der Waals surface area contributed by atoms with Gasteiger partial charge in [-0.05, 0) is 36.2 Å². The Hall–Kier alpha value is -3.33. The van der Waals surface area contributed by atoms with Crippen molar-refractivity contribution in [2.45, 2.75) is 18.1 Å². The van der Waals surface area contributed by atoms with Crippen molar-refractivity contribution in [1.29, 1.82) is 0 Å². The Labute approximate surface area is 175 Å². The Balaban J connectivity index is 1.28. The van der Waals surface area contributed by atoms with Crippen LogP contribution in [-0.2, 0) is 17.6 Å². The van der Waals surface area contributed by atoms with Gasteiger partial charge in [0.05, 0.1) is 10.9 Å². The number of hydrogen-bond donors (Lipinski definition) is 1. The summed E-state index contributed by atoms with van der Waals surface area (Å²) in [5.74, 6) is -0.245. The molecule has 1 atom stereocenters. The summed E-state index contributed by atoms with van der Waals surface area (Å²) in [6, 6.07) is 14.0. The molecule has 1 fully saturated rings. The standard InChI is InChI=1S/C21H18N4O4S/c1-25(20-22-15-4-2-3-5-16(15)28-20)9-8-14-13-7-6-12(10-17(13)29-24-14)11-18-19(26)23-21(27)30-18/h2-7,10,18H,8-9,11H2,1H3,(H,23,26,27). The van der Waals surface area contributed by atoms with Crippen LogP contribution in [-0.4, -0.2) is 40.1 Å². The molecular weight excluding hydrogens is 404 g/mol. The van der Waals surface area contributed by atoms with Crippen molar-refractivity contribution < 1.29 is 18.5 Å². The molecule has 1 unspecified atom stereocenters. The highest BCUT2D eigenvalue weighted by Crippen LogP contribution is 2.26. The summed E-state index contributed by atoms with van der Waals surface area (Å²) >= 11 is 1.02. The molecule has 152 valence electrons. The molecule has 1 aliphatic rings. The summed E-state index contributed by atoms with van der Waals surface area (Å²) in [5, 5.41) is 6.76. The number of fused-ring (bicyclic) bond motifs is 2. The molecule has 1 saturated heterocycles. The van der Waals surface area contributed by atoms with Gasteiger partial charge in [-0.25, -0.2) is 0 Å². The van der Waals surface area contributed by atoms with Crippen LogP contribution in [0.2, 0.25) is 0 Å². The predicted molar refractivity (Wildman–Crippen MR) is 114 cm³/mol. The minimum absolute atomic E-state index is 0.245. The van der Waals surface area contributed by atoms with Crippen molar-refractivity contribution in [1.82, 2.24) is 15.5 Å². The number of nitrogens with one attached hydrogen (secondary N) is 1. The van der Waals surface area contributed by atoms with Gasteiger partial charge in [-0.3, -0.25) is 14.9 Å². The van der Waals surface area contributed by atoms with E-state index in [1.165, 1.54) is 0 Å². The quantitative estimate of drug-likeness (QED) is 0.503. The Morgan fingerprint density at radius 3 is 2.83 bits per heavy atom. The minimum atomic E-state index is -0.401. The first kappa shape index (κ1) is 18.7. The molecule has 3 heterocycles. The van der Waals surface area contributed by atoms with Crippen molar-refractivity contribution in [2.24, 2.45) is 0 Å². The number of amides is 2. The predicted octanol–water partition coefficient (Wildman–Crippen LogP) is 3.54. The number of imide groups is 1. The summed E-state index contributed by atoms with van der Waals surface area (Å²) in [4.78, 5) is 29.6. The molecule has 5 rings (SSSR count). The summed E-state index contributed by atoms with van der Waals surface area (Å²) in [5.41, 5.74) is 4.03. The lowest BCUT2D eigenvalue weighted by Gasteiger charge is -2.12. The third-order valence-electron chi connectivity index (χ3n) is 5.09. The zero-order valence-electron chi connectivity index (χ0n) is 16.1. The Kier molecular flexibility index (Phi) is 4.66. The van der Waals surface area contributed by atoms with E-state index in [-0.39, 0.29) is 11.1 Å². The van der Waals surface area contributed by atoms with Gasteiger partial charge >= 0.3 is 0 Å². The molecule has 1 N–H and O–H groups in total. The van der Waals surface area contributed by atoms with Crippen molar-refractivity contribution in [3.63, 3.8) is 0 Å². The number of likely N-dealkylation sites (N-methyl/N-ethyl adjacent to an activating group) is 1. The van der Waals surface area contributed by atoms with Crippen molar-refractivity contribution in [2.75, 3.05) is 18.5 Å². The van der Waals surface area contributed by atoms with Crippen molar-refractivity contribution in [3.8, 4) is 0 Å². The van der Waals surface area contributed by atoms with Crippen LogP contribution < -0.4 is 10.2 Å². The van der Waals surface area contributed by atoms with Crippen LogP contribution in [0.5, 0.6) is 0 Å². The van der Waals surface area contributed by atoms with E-state index in [4.69, 9.17) is 8.94 Å². The molecule has 1 aliphatic heterocycles. The van der Waals surface area contributed by atoms with Gasteiger partial charge < -0.3 is 13.8 Å². The number of anilines is 1. The van der Waals surface area contributed by atoms with Crippen LogP contribution in [0.4, 0.5) is 10.8 Å². The molecular formula is C21H18N4O4S. The molecule has 9 heteroatoms. The highest BCUT2D eigenvalue weighted by molar-refractivity contribution is 8.15. The van der Waals surface area contributed by atoms with Gasteiger partial charge in [0.25, 0.3) is 11.3 Å². The molecule has 0 bridgehead atoms. The highest BCUT2D eigenvalue weighted by Gasteiger charge is 2.31. The number of oxazole rings is 1. The number of rotatable bonds is 6. The Bertz CT molecular complexity index is 1230. The zero-order valence-corrected chi connectivity index (χ0v) is 16.9. The molecule has 0 aliphatic carbocycles. The average molecular weight is 422 g/mol. The SMILES string of the molecule is CN(CCc1noc2cc(CC3SC(=O)NC3=O)ccc12)c1nc2ccccc2o1. The fraction of sp³-hybridized carbons (Fsp3) is 0.238. The minimum Gasteiger partial charge on any atom is -0.423 e. The maximum atomic E-state index is 11.8. The molecule has 0 saturated carbocycles. The number of thioether (sulfide) groups is 1. The van der Waals surface area contributed by atoms with Crippen LogP contribution in [0.15, 0.2) is 51.4 Å². The number of para-hydroxylation sites is 2. The molecule has 0 radical (unpaired) electrons. The van der Waals surface area contributed by atoms with Crippen LogP contribution in [0, 0.1) is 0 Å². The third kappa shape index (κ3) is 3.52. The first-order valence-corrected chi connectivity index (χ1v) is 10.4. The molecule has 2 aromatic heterocycles. The summed E-state index contributed by atoms with van der Waals surface area (Å²) in [6.45, 7) is 0.664. The average Bonchev–Trinajstić information content (AvgIpc) is 3.42. The second-order valence-electron chi connectivity index (χ2n) is 7.18. The van der Waals surface area contributed by atoms with Crippen LogP contribution in [0.1, 0.15) is 11.3 Å². The van der Waals surface area contributed by atoms with Gasteiger partial charge in [0.1, 0.15) is 5.52 Å². The van der Waals surface area contributed by atoms with Crippen LogP contribution in [0.3, 0.4) is 0 Å². The van der Waals surface area contributed by atoms with E-state index < -0.39 is 5.25 Å². The molecule has 30 heavy (non-hydrogen) atoms. The second-order valence-corrected chi connectivity index (χ2v) is 8.36. The Morgan fingerprint density at radius 1 is 1.17 bits per heavy atom. The maximum Gasteiger partial charge on any atom is 0.298 e. The lowest BCUT2D eigenvalue weighted by molar-refractivity contribution is -0.118. The lowest BCUT2D eigenvalue weighted by atomic mass is 10.1. The molecule has 2 amide bonds. The fourth-order valence-electron chi connectivity index (χ4n) is 3.48. The topological polar surface area (TPSA) is 101 Å². The maximum absolute atomic E-state index is 11.8. The van der Waals surface area contributed by atoms with E-state index in [9.17, 15) is 9.59 Å². The summed E-state index contributed by atoms with van der Waals surface area (Å²) in [6.07, 6.45) is 1.13. The van der Waals surface area contributed by atoms with E-state index in [0.29, 0.717) is 31.0 Å².